The van der Waals surface area contributed by atoms with Crippen molar-refractivity contribution in [3.63, 3.8) is 0 Å². The lowest BCUT2D eigenvalue weighted by Crippen LogP contribution is -2.60. The van der Waals surface area contributed by atoms with Crippen LogP contribution in [0.4, 0.5) is 0 Å². The molecule has 6 rings (SSSR count). The highest BCUT2D eigenvalue weighted by Gasteiger charge is 2.61. The Hall–Kier alpha value is -1.76. The lowest BCUT2D eigenvalue weighted by atomic mass is 9.40. The van der Waals surface area contributed by atoms with E-state index in [1.165, 1.54) is 121 Å². The van der Waals surface area contributed by atoms with Crippen molar-refractivity contribution in [1.82, 2.24) is 0 Å². The van der Waals surface area contributed by atoms with Crippen molar-refractivity contribution < 1.29 is 4.74 Å². The minimum Gasteiger partial charge on any atom is -0.497 e. The lowest BCUT2D eigenvalue weighted by Gasteiger charge is -2.63. The molecule has 4 fully saturated rings. The summed E-state index contributed by atoms with van der Waals surface area (Å²) in [5, 5.41) is 0. The summed E-state index contributed by atoms with van der Waals surface area (Å²) in [6, 6.07) is 19.7. The highest BCUT2D eigenvalue weighted by molar-refractivity contribution is 5.44. The number of methoxy groups -OCH3 is 1. The van der Waals surface area contributed by atoms with Crippen molar-refractivity contribution in [1.29, 1.82) is 0 Å². The Morgan fingerprint density at radius 2 is 0.958 bits per heavy atom. The van der Waals surface area contributed by atoms with Crippen molar-refractivity contribution in [3.05, 3.63) is 65.2 Å². The van der Waals surface area contributed by atoms with Crippen molar-refractivity contribution in [3.8, 4) is 5.75 Å². The van der Waals surface area contributed by atoms with Gasteiger partial charge in [0.2, 0.25) is 0 Å². The Morgan fingerprint density at radius 3 is 1.31 bits per heavy atom. The summed E-state index contributed by atoms with van der Waals surface area (Å²) >= 11 is 0. The average Bonchev–Trinajstić information content (AvgIpc) is 3.13. The first-order valence-corrected chi connectivity index (χ1v) is 21.1. The molecule has 0 amide bonds. The zero-order valence-electron chi connectivity index (χ0n) is 32.1. The lowest BCUT2D eigenvalue weighted by molar-refractivity contribution is -0.0296. The van der Waals surface area contributed by atoms with Gasteiger partial charge >= 0.3 is 0 Å². The van der Waals surface area contributed by atoms with Gasteiger partial charge in [-0.25, -0.2) is 0 Å². The van der Waals surface area contributed by atoms with E-state index in [4.69, 9.17) is 4.74 Å². The SMILES string of the molecule is CCCC1CCC(C2CCC(c3ccc(CC)cc3)(C3(c4ccc(OC)cc4)CCC(C4CCC(CCC)CC4)CC3C)C(C)C2)CC1. The fourth-order valence-electron chi connectivity index (χ4n) is 13.1. The molecule has 0 aliphatic heterocycles. The van der Waals surface area contributed by atoms with Gasteiger partial charge in [-0.2, -0.15) is 0 Å². The summed E-state index contributed by atoms with van der Waals surface area (Å²) in [5.74, 6) is 8.03. The van der Waals surface area contributed by atoms with Crippen LogP contribution in [0.3, 0.4) is 0 Å². The standard InChI is InChI=1S/C47H72O/c1-7-10-37-12-18-39(19-13-37)41-28-30-46(34(4)32-41,43-22-16-36(9-3)17-23-43)47(44-24-26-45(48-6)27-25-44)31-29-42(33-35(47)5)40-20-14-38(11-8-2)15-21-40/h16-17,22-27,34-35,37-42H,7-15,18-21,28-33H2,1-6H3. The second-order valence-electron chi connectivity index (χ2n) is 17.7. The molecule has 48 heavy (non-hydrogen) atoms. The molecule has 0 N–H and O–H groups in total. The Bertz CT molecular complexity index is 1150. The van der Waals surface area contributed by atoms with Gasteiger partial charge in [-0.15, -0.1) is 0 Å². The second kappa shape index (κ2) is 16.1. The molecule has 1 nitrogen and oxygen atoms in total. The molecule has 2 aromatic rings. The van der Waals surface area contributed by atoms with Crippen LogP contribution in [0.15, 0.2) is 48.5 Å². The zero-order chi connectivity index (χ0) is 33.7. The molecule has 0 radical (unpaired) electrons. The van der Waals surface area contributed by atoms with Gasteiger partial charge < -0.3 is 4.74 Å². The zero-order valence-corrected chi connectivity index (χ0v) is 32.1. The number of ether oxygens (including phenoxy) is 1. The van der Waals surface area contributed by atoms with E-state index in [1.807, 2.05) is 7.11 Å². The molecule has 6 atom stereocenters. The van der Waals surface area contributed by atoms with Gasteiger partial charge in [0.15, 0.2) is 0 Å². The Labute approximate surface area is 296 Å². The first-order chi connectivity index (χ1) is 23.4. The van der Waals surface area contributed by atoms with Crippen molar-refractivity contribution >= 4 is 0 Å². The molecule has 0 saturated heterocycles. The normalized spacial score (nSPS) is 37.6. The maximum Gasteiger partial charge on any atom is 0.118 e. The van der Waals surface area contributed by atoms with E-state index >= 15 is 0 Å². The second-order valence-corrected chi connectivity index (χ2v) is 17.7. The number of rotatable bonds is 11. The van der Waals surface area contributed by atoms with Gasteiger partial charge in [0.1, 0.15) is 5.75 Å². The highest BCUT2D eigenvalue weighted by Crippen LogP contribution is 2.65. The number of hydrogen-bond acceptors (Lipinski definition) is 1. The van der Waals surface area contributed by atoms with Gasteiger partial charge in [-0.1, -0.05) is 122 Å². The fraction of sp³-hybridized carbons (Fsp3) is 0.745. The fourth-order valence-corrected chi connectivity index (χ4v) is 13.1. The molecule has 4 aliphatic carbocycles. The molecule has 2 aromatic carbocycles. The van der Waals surface area contributed by atoms with Crippen molar-refractivity contribution in [2.24, 2.45) is 47.3 Å². The van der Waals surface area contributed by atoms with Crippen LogP contribution in [0.5, 0.6) is 5.75 Å². The van der Waals surface area contributed by atoms with E-state index < -0.39 is 0 Å². The van der Waals surface area contributed by atoms with Crippen LogP contribution in [0.1, 0.15) is 167 Å². The molecule has 0 aromatic heterocycles. The average molecular weight is 653 g/mol. The van der Waals surface area contributed by atoms with Gasteiger partial charge in [0.05, 0.1) is 7.11 Å². The number of hydrogen-bond donors (Lipinski definition) is 0. The van der Waals surface area contributed by atoms with E-state index in [0.717, 1.165) is 47.7 Å². The van der Waals surface area contributed by atoms with Crippen LogP contribution in [-0.4, -0.2) is 7.11 Å². The molecular formula is C47H72O. The monoisotopic (exact) mass is 653 g/mol. The van der Waals surface area contributed by atoms with Crippen LogP contribution in [0.25, 0.3) is 0 Å². The largest absolute Gasteiger partial charge is 0.497 e. The maximum atomic E-state index is 5.74. The first kappa shape index (κ1) is 36.0. The smallest absolute Gasteiger partial charge is 0.118 e. The van der Waals surface area contributed by atoms with Crippen LogP contribution < -0.4 is 4.74 Å². The highest BCUT2D eigenvalue weighted by atomic mass is 16.5. The summed E-state index contributed by atoms with van der Waals surface area (Å²) in [7, 11) is 1.82. The van der Waals surface area contributed by atoms with Crippen molar-refractivity contribution in [2.75, 3.05) is 7.11 Å². The summed E-state index contributed by atoms with van der Waals surface area (Å²) in [5.41, 5.74) is 5.04. The minimum absolute atomic E-state index is 0.145. The van der Waals surface area contributed by atoms with Gasteiger partial charge in [-0.05, 0) is 147 Å². The Kier molecular flexibility index (Phi) is 12.1. The topological polar surface area (TPSA) is 9.23 Å². The number of aryl methyl sites for hydroxylation is 1. The third kappa shape index (κ3) is 6.93. The van der Waals surface area contributed by atoms with Crippen LogP contribution in [0, 0.1) is 47.3 Å². The van der Waals surface area contributed by atoms with E-state index in [9.17, 15) is 0 Å². The van der Waals surface area contributed by atoms with Gasteiger partial charge in [0, 0.05) is 10.8 Å². The predicted octanol–water partition coefficient (Wildman–Crippen LogP) is 13.5. The third-order valence-corrected chi connectivity index (χ3v) is 15.6. The summed E-state index contributed by atoms with van der Waals surface area (Å²) in [4.78, 5) is 0. The molecule has 0 heterocycles. The molecule has 0 spiro atoms. The molecule has 6 unspecified atom stereocenters. The molecule has 266 valence electrons. The molecular weight excluding hydrogens is 581 g/mol. The Morgan fingerprint density at radius 1 is 0.542 bits per heavy atom. The van der Waals surface area contributed by atoms with E-state index in [1.54, 1.807) is 11.1 Å². The summed E-state index contributed by atoms with van der Waals surface area (Å²) in [6.45, 7) is 12.5. The molecule has 4 saturated carbocycles. The summed E-state index contributed by atoms with van der Waals surface area (Å²) < 4.78 is 5.74. The minimum atomic E-state index is 0.145. The van der Waals surface area contributed by atoms with E-state index in [0.29, 0.717) is 11.8 Å². The van der Waals surface area contributed by atoms with Gasteiger partial charge in [0.25, 0.3) is 0 Å². The van der Waals surface area contributed by atoms with Crippen molar-refractivity contribution in [2.45, 2.75) is 167 Å². The maximum absolute atomic E-state index is 5.74. The van der Waals surface area contributed by atoms with Crippen LogP contribution in [-0.2, 0) is 17.3 Å². The van der Waals surface area contributed by atoms with Crippen LogP contribution in [0.2, 0.25) is 0 Å². The third-order valence-electron chi connectivity index (χ3n) is 15.6. The molecule has 0 bridgehead atoms. The van der Waals surface area contributed by atoms with E-state index in [2.05, 4.69) is 83.1 Å². The first-order valence-electron chi connectivity index (χ1n) is 21.1. The molecule has 1 heteroatoms. The predicted molar refractivity (Wildman–Crippen MR) is 206 cm³/mol. The van der Waals surface area contributed by atoms with E-state index in [-0.39, 0.29) is 10.8 Å². The van der Waals surface area contributed by atoms with Crippen LogP contribution >= 0.6 is 0 Å². The number of benzene rings is 2. The van der Waals surface area contributed by atoms with Gasteiger partial charge in [-0.3, -0.25) is 0 Å². The quantitative estimate of drug-likeness (QED) is 0.235. The Balaban J connectivity index is 1.35. The molecule has 4 aliphatic rings. The summed E-state index contributed by atoms with van der Waals surface area (Å²) in [6.07, 6.45) is 27.0.